The van der Waals surface area contributed by atoms with E-state index in [9.17, 15) is 0 Å². The van der Waals surface area contributed by atoms with Gasteiger partial charge in [-0.1, -0.05) is 23.4 Å². The van der Waals surface area contributed by atoms with Crippen molar-refractivity contribution in [2.45, 2.75) is 18.4 Å². The second-order valence-corrected chi connectivity index (χ2v) is 5.44. The van der Waals surface area contributed by atoms with Gasteiger partial charge >= 0.3 is 0 Å². The molecule has 0 amide bonds. The number of hydrogen-bond acceptors (Lipinski definition) is 4. The molecule has 0 atom stereocenters. The van der Waals surface area contributed by atoms with Crippen LogP contribution in [0.1, 0.15) is 12.6 Å². The average molecular weight is 432 g/mol. The maximum Gasteiger partial charge on any atom is 0.191 e. The number of halogens is 1. The molecule has 0 fully saturated rings. The number of hydrogen-bond donors (Lipinski definition) is 2. The van der Waals surface area contributed by atoms with Gasteiger partial charge < -0.3 is 15.2 Å². The molecule has 0 aliphatic heterocycles. The third kappa shape index (κ3) is 7.17. The lowest BCUT2D eigenvalue weighted by Gasteiger charge is -2.10. The Morgan fingerprint density at radius 2 is 2.05 bits per heavy atom. The summed E-state index contributed by atoms with van der Waals surface area (Å²) in [6.07, 6.45) is 1.56. The summed E-state index contributed by atoms with van der Waals surface area (Å²) >= 11 is 1.82. The predicted octanol–water partition coefficient (Wildman–Crippen LogP) is 3.14. The Balaban J connectivity index is 0.00000242. The molecule has 0 saturated heterocycles. The highest BCUT2D eigenvalue weighted by atomic mass is 127. The van der Waals surface area contributed by atoms with Crippen molar-refractivity contribution < 1.29 is 4.52 Å². The molecule has 2 aromatic rings. The first kappa shape index (κ1) is 18.8. The van der Waals surface area contributed by atoms with Crippen LogP contribution in [0.3, 0.4) is 0 Å². The molecule has 0 radical (unpaired) electrons. The minimum atomic E-state index is 0. The van der Waals surface area contributed by atoms with Crippen LogP contribution < -0.4 is 10.6 Å². The number of aromatic nitrogens is 1. The lowest BCUT2D eigenvalue weighted by Crippen LogP contribution is -2.38. The number of nitrogens with zero attached hydrogens (tertiary/aromatic N) is 2. The van der Waals surface area contributed by atoms with E-state index in [4.69, 9.17) is 4.52 Å². The Labute approximate surface area is 152 Å². The number of nitrogens with one attached hydrogen (secondary N) is 2. The summed E-state index contributed by atoms with van der Waals surface area (Å²) in [5, 5.41) is 10.4. The van der Waals surface area contributed by atoms with E-state index in [0.29, 0.717) is 6.54 Å². The lowest BCUT2D eigenvalue weighted by molar-refractivity contribution is 0.412. The van der Waals surface area contributed by atoms with E-state index in [1.165, 1.54) is 4.90 Å². The second-order valence-electron chi connectivity index (χ2n) is 4.27. The predicted molar refractivity (Wildman–Crippen MR) is 102 cm³/mol. The van der Waals surface area contributed by atoms with E-state index in [2.05, 4.69) is 45.0 Å². The van der Waals surface area contributed by atoms with Crippen molar-refractivity contribution in [3.63, 3.8) is 0 Å². The molecule has 2 rings (SSSR count). The van der Waals surface area contributed by atoms with Gasteiger partial charge in [-0.25, -0.2) is 4.99 Å². The van der Waals surface area contributed by atoms with E-state index >= 15 is 0 Å². The summed E-state index contributed by atoms with van der Waals surface area (Å²) in [5.41, 5.74) is 0.825. The van der Waals surface area contributed by atoms with Crippen LogP contribution >= 0.6 is 35.7 Å². The summed E-state index contributed by atoms with van der Waals surface area (Å²) in [5.74, 6) is 1.78. The number of aliphatic imine (C=N–C) groups is 1. The van der Waals surface area contributed by atoms with Crippen molar-refractivity contribution in [1.29, 1.82) is 0 Å². The summed E-state index contributed by atoms with van der Waals surface area (Å²) < 4.78 is 4.79. The number of guanidine groups is 1. The third-order valence-corrected chi connectivity index (χ3v) is 3.65. The van der Waals surface area contributed by atoms with Crippen molar-refractivity contribution in [3.05, 3.63) is 48.4 Å². The van der Waals surface area contributed by atoms with E-state index < -0.39 is 0 Å². The van der Waals surface area contributed by atoms with E-state index in [0.717, 1.165) is 30.5 Å². The fourth-order valence-corrected chi connectivity index (χ4v) is 2.47. The molecule has 5 nitrogen and oxygen atoms in total. The Bertz CT molecular complexity index is 534. The Hall–Kier alpha value is -1.22. The summed E-state index contributed by atoms with van der Waals surface area (Å²) in [4.78, 5) is 5.74. The molecule has 0 bridgehead atoms. The van der Waals surface area contributed by atoms with Gasteiger partial charge in [0.25, 0.3) is 0 Å². The van der Waals surface area contributed by atoms with E-state index in [1.807, 2.05) is 30.8 Å². The van der Waals surface area contributed by atoms with E-state index in [-0.39, 0.29) is 24.0 Å². The molecule has 0 spiro atoms. The smallest absolute Gasteiger partial charge is 0.191 e. The minimum Gasteiger partial charge on any atom is -0.364 e. The van der Waals surface area contributed by atoms with Gasteiger partial charge in [-0.2, -0.15) is 0 Å². The van der Waals surface area contributed by atoms with Crippen molar-refractivity contribution in [2.24, 2.45) is 4.99 Å². The van der Waals surface area contributed by atoms with Gasteiger partial charge in [0, 0.05) is 29.8 Å². The topological polar surface area (TPSA) is 62.5 Å². The summed E-state index contributed by atoms with van der Waals surface area (Å²) in [6, 6.07) is 12.2. The second kappa shape index (κ2) is 11.4. The lowest BCUT2D eigenvalue weighted by atomic mass is 10.4. The molecule has 7 heteroatoms. The Morgan fingerprint density at radius 1 is 1.23 bits per heavy atom. The van der Waals surface area contributed by atoms with Crippen LogP contribution in [0.5, 0.6) is 0 Å². The van der Waals surface area contributed by atoms with Crippen LogP contribution in [0.2, 0.25) is 0 Å². The zero-order chi connectivity index (χ0) is 14.8. The highest BCUT2D eigenvalue weighted by Gasteiger charge is 1.99. The van der Waals surface area contributed by atoms with Gasteiger partial charge in [0.1, 0.15) is 12.0 Å². The van der Waals surface area contributed by atoms with Crippen molar-refractivity contribution in [2.75, 3.05) is 18.8 Å². The van der Waals surface area contributed by atoms with Gasteiger partial charge in [0.15, 0.2) is 5.96 Å². The third-order valence-electron chi connectivity index (χ3n) is 2.64. The summed E-state index contributed by atoms with van der Waals surface area (Å²) in [6.45, 7) is 4.24. The first-order valence-corrected chi connectivity index (χ1v) is 7.96. The molecule has 1 aromatic carbocycles. The molecule has 0 aliphatic rings. The maximum atomic E-state index is 4.79. The zero-order valence-electron chi connectivity index (χ0n) is 12.5. The number of rotatable bonds is 7. The maximum absolute atomic E-state index is 4.79. The SMILES string of the molecule is CCNC(=NCc1ccon1)NCCSc1ccccc1.I. The average Bonchev–Trinajstić information content (AvgIpc) is 3.03. The van der Waals surface area contributed by atoms with Crippen LogP contribution in [0.25, 0.3) is 0 Å². The summed E-state index contributed by atoms with van der Waals surface area (Å²) in [7, 11) is 0. The van der Waals surface area contributed by atoms with Crippen LogP contribution in [-0.4, -0.2) is 30.0 Å². The van der Waals surface area contributed by atoms with Gasteiger partial charge in [-0.05, 0) is 19.1 Å². The van der Waals surface area contributed by atoms with Gasteiger partial charge in [-0.15, -0.1) is 35.7 Å². The van der Waals surface area contributed by atoms with Gasteiger partial charge in [0.2, 0.25) is 0 Å². The van der Waals surface area contributed by atoms with Crippen LogP contribution in [-0.2, 0) is 6.54 Å². The minimum absolute atomic E-state index is 0. The fraction of sp³-hybridized carbons (Fsp3) is 0.333. The molecular formula is C15H21IN4OS. The van der Waals surface area contributed by atoms with Crippen LogP contribution in [0.4, 0.5) is 0 Å². The van der Waals surface area contributed by atoms with Gasteiger partial charge in [-0.3, -0.25) is 0 Å². The van der Waals surface area contributed by atoms with E-state index in [1.54, 1.807) is 6.26 Å². The van der Waals surface area contributed by atoms with Crippen molar-refractivity contribution in [1.82, 2.24) is 15.8 Å². The Morgan fingerprint density at radius 3 is 2.73 bits per heavy atom. The van der Waals surface area contributed by atoms with Crippen LogP contribution in [0, 0.1) is 0 Å². The molecule has 1 aromatic heterocycles. The molecule has 0 unspecified atom stereocenters. The van der Waals surface area contributed by atoms with Gasteiger partial charge in [0.05, 0.1) is 6.54 Å². The molecule has 1 heterocycles. The molecule has 22 heavy (non-hydrogen) atoms. The van der Waals surface area contributed by atoms with Crippen molar-refractivity contribution >= 4 is 41.7 Å². The molecular weight excluding hydrogens is 411 g/mol. The quantitative estimate of drug-likeness (QED) is 0.232. The molecule has 0 aliphatic carbocycles. The van der Waals surface area contributed by atoms with Crippen molar-refractivity contribution in [3.8, 4) is 0 Å². The normalized spacial score (nSPS) is 10.9. The largest absolute Gasteiger partial charge is 0.364 e. The molecule has 2 N–H and O–H groups in total. The monoisotopic (exact) mass is 432 g/mol. The molecule has 0 saturated carbocycles. The number of thioether (sulfide) groups is 1. The first-order valence-electron chi connectivity index (χ1n) is 6.97. The standard InChI is InChI=1S/C15H20N4OS.HI/c1-2-16-15(18-12-13-8-10-20-19-13)17-9-11-21-14-6-4-3-5-7-14;/h3-8,10H,2,9,11-12H2,1H3,(H2,16,17,18);1H. The fourth-order valence-electron chi connectivity index (χ4n) is 1.68. The highest BCUT2D eigenvalue weighted by molar-refractivity contribution is 14.0. The highest BCUT2D eigenvalue weighted by Crippen LogP contribution is 2.15. The molecule has 120 valence electrons. The zero-order valence-corrected chi connectivity index (χ0v) is 15.6. The first-order chi connectivity index (χ1) is 10.4. The van der Waals surface area contributed by atoms with Crippen LogP contribution in [0.15, 0.2) is 57.1 Å². The Kier molecular flexibility index (Phi) is 9.72. The number of benzene rings is 1.